The smallest absolute Gasteiger partial charge is 0.0638 e. The maximum atomic E-state index is 8.61. The van der Waals surface area contributed by atoms with E-state index in [2.05, 4.69) is 35.3 Å². The van der Waals surface area contributed by atoms with Gasteiger partial charge >= 0.3 is 0 Å². The van der Waals surface area contributed by atoms with Gasteiger partial charge in [0.15, 0.2) is 0 Å². The Bertz CT molecular complexity index is 197. The fraction of sp³-hybridized carbons (Fsp3) is 0.900. The van der Waals surface area contributed by atoms with Crippen LogP contribution in [0.3, 0.4) is 0 Å². The maximum absolute atomic E-state index is 8.61. The van der Waals surface area contributed by atoms with Gasteiger partial charge in [-0.2, -0.15) is 5.26 Å². The molecule has 0 radical (unpaired) electrons. The van der Waals surface area contributed by atoms with Gasteiger partial charge in [0.05, 0.1) is 12.5 Å². The van der Waals surface area contributed by atoms with Gasteiger partial charge < -0.3 is 10.2 Å². The van der Waals surface area contributed by atoms with Crippen LogP contribution in [0.25, 0.3) is 0 Å². The quantitative estimate of drug-likeness (QED) is 0.672. The summed E-state index contributed by atoms with van der Waals surface area (Å²) in [5, 5.41) is 12.0. The van der Waals surface area contributed by atoms with Crippen molar-refractivity contribution in [2.45, 2.75) is 12.5 Å². The van der Waals surface area contributed by atoms with E-state index in [9.17, 15) is 0 Å². The number of hydrogen-bond donors (Lipinski definition) is 1. The highest BCUT2D eigenvalue weighted by atomic mass is 15.2. The normalized spacial score (nSPS) is 23.7. The van der Waals surface area contributed by atoms with E-state index >= 15 is 0 Å². The minimum absolute atomic E-state index is 0.371. The van der Waals surface area contributed by atoms with E-state index in [0.29, 0.717) is 12.5 Å². The predicted molar refractivity (Wildman–Crippen MR) is 57.0 cm³/mol. The Labute approximate surface area is 86.5 Å². The fourth-order valence-corrected chi connectivity index (χ4v) is 1.69. The van der Waals surface area contributed by atoms with Crippen molar-refractivity contribution in [2.24, 2.45) is 0 Å². The lowest BCUT2D eigenvalue weighted by atomic mass is 10.1. The summed E-state index contributed by atoms with van der Waals surface area (Å²) in [6, 6.07) is 2.59. The second kappa shape index (κ2) is 5.97. The Morgan fingerprint density at radius 1 is 1.57 bits per heavy atom. The topological polar surface area (TPSA) is 42.3 Å². The summed E-state index contributed by atoms with van der Waals surface area (Å²) in [6.07, 6.45) is 0.623. The highest BCUT2D eigenvalue weighted by Gasteiger charge is 2.18. The molecule has 1 unspecified atom stereocenters. The van der Waals surface area contributed by atoms with Gasteiger partial charge in [0.2, 0.25) is 0 Å². The second-order valence-electron chi connectivity index (χ2n) is 4.12. The van der Waals surface area contributed by atoms with Gasteiger partial charge in [-0.25, -0.2) is 0 Å². The molecular weight excluding hydrogens is 176 g/mol. The Balaban J connectivity index is 2.22. The summed E-state index contributed by atoms with van der Waals surface area (Å²) in [7, 11) is 4.18. The van der Waals surface area contributed by atoms with E-state index in [0.717, 1.165) is 32.7 Å². The van der Waals surface area contributed by atoms with Crippen LogP contribution in [0.5, 0.6) is 0 Å². The highest BCUT2D eigenvalue weighted by Crippen LogP contribution is 2.01. The highest BCUT2D eigenvalue weighted by molar-refractivity contribution is 4.86. The summed E-state index contributed by atoms with van der Waals surface area (Å²) < 4.78 is 0. The lowest BCUT2D eigenvalue weighted by Crippen LogP contribution is -2.51. The van der Waals surface area contributed by atoms with E-state index < -0.39 is 0 Å². The van der Waals surface area contributed by atoms with Crippen molar-refractivity contribution in [1.29, 1.82) is 5.26 Å². The molecule has 1 N–H and O–H groups in total. The van der Waals surface area contributed by atoms with E-state index in [1.165, 1.54) is 0 Å². The summed E-state index contributed by atoms with van der Waals surface area (Å²) in [5.74, 6) is 0. The number of nitrogens with one attached hydrogen (secondary N) is 1. The van der Waals surface area contributed by atoms with Crippen LogP contribution < -0.4 is 5.32 Å². The van der Waals surface area contributed by atoms with Crippen LogP contribution in [0, 0.1) is 11.3 Å². The first kappa shape index (κ1) is 11.4. The molecule has 14 heavy (non-hydrogen) atoms. The van der Waals surface area contributed by atoms with Crippen molar-refractivity contribution in [1.82, 2.24) is 15.1 Å². The number of rotatable bonds is 4. The summed E-state index contributed by atoms with van der Waals surface area (Å²) >= 11 is 0. The minimum Gasteiger partial charge on any atom is -0.310 e. The largest absolute Gasteiger partial charge is 0.310 e. The van der Waals surface area contributed by atoms with Crippen LogP contribution in [-0.2, 0) is 0 Å². The van der Waals surface area contributed by atoms with Crippen LogP contribution >= 0.6 is 0 Å². The first-order chi connectivity index (χ1) is 6.72. The van der Waals surface area contributed by atoms with Gasteiger partial charge in [0.25, 0.3) is 0 Å². The zero-order chi connectivity index (χ0) is 10.4. The van der Waals surface area contributed by atoms with Crippen molar-refractivity contribution >= 4 is 0 Å². The van der Waals surface area contributed by atoms with Gasteiger partial charge in [-0.15, -0.1) is 0 Å². The van der Waals surface area contributed by atoms with E-state index in [1.54, 1.807) is 0 Å². The van der Waals surface area contributed by atoms with Gasteiger partial charge in [0.1, 0.15) is 0 Å². The first-order valence-electron chi connectivity index (χ1n) is 5.20. The molecule has 1 saturated heterocycles. The molecule has 4 heteroatoms. The standard InChI is InChI=1S/C10H20N4/c1-13(2)7-8-14-6-5-12-10(9-14)3-4-11/h10,12H,3,5-9H2,1-2H3. The van der Waals surface area contributed by atoms with Crippen molar-refractivity contribution in [3.8, 4) is 6.07 Å². The SMILES string of the molecule is CN(C)CCN1CCNC(CC#N)C1. The third kappa shape index (κ3) is 4.05. The van der Waals surface area contributed by atoms with Crippen LogP contribution in [0.1, 0.15) is 6.42 Å². The van der Waals surface area contributed by atoms with Gasteiger partial charge in [-0.05, 0) is 14.1 Å². The van der Waals surface area contributed by atoms with E-state index in [4.69, 9.17) is 5.26 Å². The molecule has 0 aromatic carbocycles. The van der Waals surface area contributed by atoms with Gasteiger partial charge in [-0.1, -0.05) is 0 Å². The van der Waals surface area contributed by atoms with E-state index in [1.807, 2.05) is 0 Å². The fourth-order valence-electron chi connectivity index (χ4n) is 1.69. The molecule has 0 spiro atoms. The molecule has 0 amide bonds. The summed E-state index contributed by atoms with van der Waals surface area (Å²) in [4.78, 5) is 4.62. The Morgan fingerprint density at radius 3 is 3.00 bits per heavy atom. The molecule has 0 bridgehead atoms. The molecular formula is C10H20N4. The Kier molecular flexibility index (Phi) is 4.88. The number of hydrogen-bond acceptors (Lipinski definition) is 4. The molecule has 80 valence electrons. The Hall–Kier alpha value is -0.630. The van der Waals surface area contributed by atoms with Crippen LogP contribution in [-0.4, -0.2) is 62.7 Å². The molecule has 1 rings (SSSR count). The monoisotopic (exact) mass is 196 g/mol. The van der Waals surface area contributed by atoms with Crippen molar-refractivity contribution in [3.05, 3.63) is 0 Å². The van der Waals surface area contributed by atoms with Crippen LogP contribution in [0.4, 0.5) is 0 Å². The third-order valence-electron chi connectivity index (χ3n) is 2.54. The molecule has 0 aliphatic carbocycles. The Morgan fingerprint density at radius 2 is 2.36 bits per heavy atom. The van der Waals surface area contributed by atoms with Crippen LogP contribution in [0.15, 0.2) is 0 Å². The summed E-state index contributed by atoms with van der Waals surface area (Å²) in [5.41, 5.74) is 0. The third-order valence-corrected chi connectivity index (χ3v) is 2.54. The predicted octanol–water partition coefficient (Wildman–Crippen LogP) is -0.265. The average Bonchev–Trinajstić information content (AvgIpc) is 2.16. The average molecular weight is 196 g/mol. The molecule has 1 fully saturated rings. The van der Waals surface area contributed by atoms with Crippen molar-refractivity contribution < 1.29 is 0 Å². The van der Waals surface area contributed by atoms with Crippen molar-refractivity contribution in [3.63, 3.8) is 0 Å². The van der Waals surface area contributed by atoms with Gasteiger partial charge in [-0.3, -0.25) is 4.90 Å². The number of nitrogens with zero attached hydrogens (tertiary/aromatic N) is 3. The molecule has 4 nitrogen and oxygen atoms in total. The molecule has 1 atom stereocenters. The molecule has 0 aromatic heterocycles. The van der Waals surface area contributed by atoms with E-state index in [-0.39, 0.29) is 0 Å². The zero-order valence-electron chi connectivity index (χ0n) is 9.16. The van der Waals surface area contributed by atoms with Gasteiger partial charge in [0, 0.05) is 38.8 Å². The van der Waals surface area contributed by atoms with Crippen molar-refractivity contribution in [2.75, 3.05) is 46.8 Å². The molecule has 1 aliphatic heterocycles. The second-order valence-corrected chi connectivity index (χ2v) is 4.12. The molecule has 1 aliphatic rings. The molecule has 0 aromatic rings. The maximum Gasteiger partial charge on any atom is 0.0638 e. The lowest BCUT2D eigenvalue weighted by molar-refractivity contribution is 0.185. The lowest BCUT2D eigenvalue weighted by Gasteiger charge is -2.33. The number of nitriles is 1. The zero-order valence-corrected chi connectivity index (χ0v) is 9.16. The number of likely N-dealkylation sites (N-methyl/N-ethyl adjacent to an activating group) is 1. The first-order valence-corrected chi connectivity index (χ1v) is 5.20. The minimum atomic E-state index is 0.371. The molecule has 1 heterocycles. The van der Waals surface area contributed by atoms with Crippen LogP contribution in [0.2, 0.25) is 0 Å². The number of piperazine rings is 1. The molecule has 0 saturated carbocycles. The summed E-state index contributed by atoms with van der Waals surface area (Å²) in [6.45, 7) is 5.34.